The van der Waals surface area contributed by atoms with Crippen molar-refractivity contribution in [3.63, 3.8) is 0 Å². The smallest absolute Gasteiger partial charge is 0.254 e. The van der Waals surface area contributed by atoms with Gasteiger partial charge in [-0.25, -0.2) is 0 Å². The average molecular weight is 409 g/mol. The predicted octanol–water partition coefficient (Wildman–Crippen LogP) is 4.37. The van der Waals surface area contributed by atoms with Gasteiger partial charge in [0.1, 0.15) is 0 Å². The van der Waals surface area contributed by atoms with Crippen molar-refractivity contribution >= 4 is 35.0 Å². The molecular formula is C20H22Cl2N2O3. The van der Waals surface area contributed by atoms with Gasteiger partial charge < -0.3 is 14.5 Å². The van der Waals surface area contributed by atoms with E-state index in [1.165, 1.54) is 12.0 Å². The Morgan fingerprint density at radius 2 is 1.52 bits per heavy atom. The Bertz CT molecular complexity index is 813. The average Bonchev–Trinajstić information content (AvgIpc) is 2.65. The van der Waals surface area contributed by atoms with E-state index >= 15 is 0 Å². The van der Waals surface area contributed by atoms with Gasteiger partial charge in [0, 0.05) is 38.3 Å². The van der Waals surface area contributed by atoms with Crippen molar-refractivity contribution in [1.29, 1.82) is 0 Å². The van der Waals surface area contributed by atoms with Gasteiger partial charge in [0.2, 0.25) is 0 Å². The van der Waals surface area contributed by atoms with Crippen LogP contribution in [0.25, 0.3) is 0 Å². The lowest BCUT2D eigenvalue weighted by atomic mass is 10.1. The highest BCUT2D eigenvalue weighted by atomic mass is 35.5. The summed E-state index contributed by atoms with van der Waals surface area (Å²) >= 11 is 12.3. The maximum atomic E-state index is 12.9. The van der Waals surface area contributed by atoms with E-state index in [2.05, 4.69) is 0 Å². The lowest BCUT2D eigenvalue weighted by Crippen LogP contribution is -2.30. The van der Waals surface area contributed by atoms with Crippen LogP contribution in [0.2, 0.25) is 10.0 Å². The molecule has 2 rings (SSSR count). The number of carbonyl (C=O) groups is 2. The molecule has 0 saturated heterocycles. The minimum atomic E-state index is -0.183. The Morgan fingerprint density at radius 1 is 0.963 bits per heavy atom. The summed E-state index contributed by atoms with van der Waals surface area (Å²) in [5.74, 6) is 0.101. The zero-order valence-corrected chi connectivity index (χ0v) is 17.3. The fraction of sp³-hybridized carbons (Fsp3) is 0.300. The van der Waals surface area contributed by atoms with Gasteiger partial charge in [-0.2, -0.15) is 0 Å². The lowest BCUT2D eigenvalue weighted by Gasteiger charge is -2.22. The molecule has 144 valence electrons. The van der Waals surface area contributed by atoms with Crippen LogP contribution in [0, 0.1) is 0 Å². The molecule has 0 fully saturated rings. The summed E-state index contributed by atoms with van der Waals surface area (Å²) in [6.07, 6.45) is 0. The zero-order valence-electron chi connectivity index (χ0n) is 15.8. The number of benzene rings is 2. The summed E-state index contributed by atoms with van der Waals surface area (Å²) in [4.78, 5) is 28.0. The first-order valence-corrected chi connectivity index (χ1v) is 9.17. The zero-order chi connectivity index (χ0) is 20.1. The molecule has 0 N–H and O–H groups in total. The second-order valence-corrected chi connectivity index (χ2v) is 7.00. The second kappa shape index (κ2) is 9.11. The molecule has 0 unspecified atom stereocenters. The van der Waals surface area contributed by atoms with E-state index in [1.54, 1.807) is 43.3 Å². The van der Waals surface area contributed by atoms with E-state index in [0.717, 1.165) is 5.56 Å². The fourth-order valence-electron chi connectivity index (χ4n) is 2.62. The van der Waals surface area contributed by atoms with Crippen LogP contribution in [0.5, 0.6) is 5.75 Å². The van der Waals surface area contributed by atoms with E-state index in [0.29, 0.717) is 30.0 Å². The monoisotopic (exact) mass is 408 g/mol. The SMILES string of the molecule is CCN(Cc1ccc(C(=O)N(C)C)cc1)C(=O)c1cc(Cl)c(OC)c(Cl)c1. The lowest BCUT2D eigenvalue weighted by molar-refractivity contribution is 0.0751. The van der Waals surface area contributed by atoms with Gasteiger partial charge in [0.05, 0.1) is 17.2 Å². The minimum absolute atomic E-state index is 0.0625. The molecule has 2 amide bonds. The van der Waals surface area contributed by atoms with Crippen molar-refractivity contribution in [2.75, 3.05) is 27.7 Å². The molecular weight excluding hydrogens is 387 g/mol. The normalized spacial score (nSPS) is 10.4. The third kappa shape index (κ3) is 4.93. The molecule has 0 aromatic heterocycles. The molecule has 0 radical (unpaired) electrons. The van der Waals surface area contributed by atoms with Crippen molar-refractivity contribution < 1.29 is 14.3 Å². The highest BCUT2D eigenvalue weighted by Crippen LogP contribution is 2.34. The summed E-state index contributed by atoms with van der Waals surface area (Å²) in [5, 5.41) is 0.576. The first kappa shape index (κ1) is 21.1. The van der Waals surface area contributed by atoms with E-state index in [1.807, 2.05) is 19.1 Å². The molecule has 27 heavy (non-hydrogen) atoms. The van der Waals surface area contributed by atoms with Crippen LogP contribution < -0.4 is 4.74 Å². The van der Waals surface area contributed by atoms with E-state index in [9.17, 15) is 9.59 Å². The molecule has 7 heteroatoms. The van der Waals surface area contributed by atoms with Crippen LogP contribution in [0.1, 0.15) is 33.2 Å². The molecule has 0 spiro atoms. The summed E-state index contributed by atoms with van der Waals surface area (Å²) < 4.78 is 5.12. The van der Waals surface area contributed by atoms with Crippen LogP contribution in [0.4, 0.5) is 0 Å². The van der Waals surface area contributed by atoms with Crippen molar-refractivity contribution in [1.82, 2.24) is 9.80 Å². The minimum Gasteiger partial charge on any atom is -0.494 e. The summed E-state index contributed by atoms with van der Waals surface area (Å²) in [6, 6.07) is 10.3. The first-order chi connectivity index (χ1) is 12.8. The number of methoxy groups -OCH3 is 1. The molecule has 0 aliphatic carbocycles. The van der Waals surface area contributed by atoms with Crippen molar-refractivity contribution in [3.8, 4) is 5.75 Å². The number of hydrogen-bond acceptors (Lipinski definition) is 3. The molecule has 0 atom stereocenters. The molecule has 0 aliphatic rings. The highest BCUT2D eigenvalue weighted by molar-refractivity contribution is 6.37. The quantitative estimate of drug-likeness (QED) is 0.712. The van der Waals surface area contributed by atoms with Gasteiger partial charge >= 0.3 is 0 Å². The van der Waals surface area contributed by atoms with E-state index in [4.69, 9.17) is 27.9 Å². The number of rotatable bonds is 6. The summed E-state index contributed by atoms with van der Waals surface area (Å²) in [5.41, 5.74) is 1.92. The molecule has 2 aromatic rings. The third-order valence-electron chi connectivity index (χ3n) is 4.10. The van der Waals surface area contributed by atoms with Crippen LogP contribution in [0.3, 0.4) is 0 Å². The standard InChI is InChI=1S/C20H22Cl2N2O3/c1-5-24(12-13-6-8-14(9-7-13)19(25)23(2)3)20(26)15-10-16(21)18(27-4)17(22)11-15/h6-11H,5,12H2,1-4H3. The van der Waals surface area contributed by atoms with Gasteiger partial charge in [0.15, 0.2) is 5.75 Å². The molecule has 0 bridgehead atoms. The predicted molar refractivity (Wildman–Crippen MR) is 108 cm³/mol. The number of carbonyl (C=O) groups excluding carboxylic acids is 2. The van der Waals surface area contributed by atoms with Crippen molar-refractivity contribution in [3.05, 3.63) is 63.1 Å². The van der Waals surface area contributed by atoms with Crippen molar-refractivity contribution in [2.45, 2.75) is 13.5 Å². The largest absolute Gasteiger partial charge is 0.494 e. The number of ether oxygens (including phenoxy) is 1. The second-order valence-electron chi connectivity index (χ2n) is 6.19. The topological polar surface area (TPSA) is 49.9 Å². The van der Waals surface area contributed by atoms with Crippen LogP contribution in [-0.2, 0) is 6.54 Å². The van der Waals surface area contributed by atoms with Gasteiger partial charge in [-0.05, 0) is 36.8 Å². The van der Waals surface area contributed by atoms with Gasteiger partial charge in [-0.3, -0.25) is 9.59 Å². The Balaban J connectivity index is 2.19. The van der Waals surface area contributed by atoms with Crippen LogP contribution >= 0.6 is 23.2 Å². The van der Waals surface area contributed by atoms with Gasteiger partial charge in [-0.1, -0.05) is 35.3 Å². The van der Waals surface area contributed by atoms with Gasteiger partial charge in [-0.15, -0.1) is 0 Å². The Hall–Kier alpha value is -2.24. The first-order valence-electron chi connectivity index (χ1n) is 8.41. The molecule has 0 heterocycles. The maximum Gasteiger partial charge on any atom is 0.254 e. The molecule has 2 aromatic carbocycles. The number of amides is 2. The van der Waals surface area contributed by atoms with Crippen LogP contribution in [-0.4, -0.2) is 49.4 Å². The Morgan fingerprint density at radius 3 is 1.96 bits per heavy atom. The third-order valence-corrected chi connectivity index (χ3v) is 4.66. The van der Waals surface area contributed by atoms with E-state index < -0.39 is 0 Å². The number of hydrogen-bond donors (Lipinski definition) is 0. The number of nitrogens with zero attached hydrogens (tertiary/aromatic N) is 2. The fourth-order valence-corrected chi connectivity index (χ4v) is 3.26. The molecule has 5 nitrogen and oxygen atoms in total. The molecule has 0 saturated carbocycles. The van der Waals surface area contributed by atoms with Crippen molar-refractivity contribution in [2.24, 2.45) is 0 Å². The Labute approximate surface area is 169 Å². The highest BCUT2D eigenvalue weighted by Gasteiger charge is 2.19. The molecule has 0 aliphatic heterocycles. The van der Waals surface area contributed by atoms with Gasteiger partial charge in [0.25, 0.3) is 11.8 Å². The number of halogens is 2. The van der Waals surface area contributed by atoms with Crippen LogP contribution in [0.15, 0.2) is 36.4 Å². The van der Waals surface area contributed by atoms with E-state index in [-0.39, 0.29) is 21.9 Å². The maximum absolute atomic E-state index is 12.9. The Kier molecular flexibility index (Phi) is 7.11. The summed E-state index contributed by atoms with van der Waals surface area (Å²) in [6.45, 7) is 2.82. The summed E-state index contributed by atoms with van der Waals surface area (Å²) in [7, 11) is 4.88.